The topological polar surface area (TPSA) is 78.0 Å². The molecule has 0 saturated carbocycles. The lowest BCUT2D eigenvalue weighted by atomic mass is 9.94. The molecule has 3 atom stereocenters. The molecule has 9 heteroatoms. The minimum absolute atomic E-state index is 0. The third-order valence-electron chi connectivity index (χ3n) is 5.64. The normalized spacial score (nSPS) is 25.9. The quantitative estimate of drug-likeness (QED) is 0.603. The highest BCUT2D eigenvalue weighted by atomic mass is 35.5. The maximum atomic E-state index is 12.9. The number of hydrogen-bond acceptors (Lipinski definition) is 5. The van der Waals surface area contributed by atoms with Gasteiger partial charge in [-0.15, -0.1) is 12.4 Å². The average molecular weight is 444 g/mol. The van der Waals surface area contributed by atoms with Crippen LogP contribution in [0.4, 0.5) is 0 Å². The summed E-state index contributed by atoms with van der Waals surface area (Å²) in [6, 6.07) is -0.734. The van der Waals surface area contributed by atoms with Crippen LogP contribution in [0.25, 0.3) is 0 Å². The molecule has 0 aliphatic carbocycles. The Kier molecular flexibility index (Phi) is 7.94. The molecule has 0 unspecified atom stereocenters. The smallest absolute Gasteiger partial charge is 0.241 e. The minimum Gasteiger partial charge on any atom is -0.354 e. The lowest BCUT2D eigenvalue weighted by molar-refractivity contribution is -0.134. The molecular weight excluding hydrogens is 414 g/mol. The first-order valence-corrected chi connectivity index (χ1v) is 11.8. The number of carbonyl (C=O) groups is 2. The number of likely N-dealkylation sites (tertiary alicyclic amines) is 1. The molecule has 0 aromatic carbocycles. The van der Waals surface area contributed by atoms with Gasteiger partial charge < -0.3 is 9.80 Å². The van der Waals surface area contributed by atoms with Crippen molar-refractivity contribution in [2.45, 2.75) is 51.1 Å². The van der Waals surface area contributed by atoms with Gasteiger partial charge >= 0.3 is 0 Å². The van der Waals surface area contributed by atoms with E-state index in [0.29, 0.717) is 32.2 Å². The van der Waals surface area contributed by atoms with Crippen LogP contribution < -0.4 is 0 Å². The van der Waals surface area contributed by atoms with E-state index in [1.165, 1.54) is 0 Å². The molecule has 0 N–H and O–H groups in total. The summed E-state index contributed by atoms with van der Waals surface area (Å²) in [6.45, 7) is 3.22. The van der Waals surface area contributed by atoms with Crippen molar-refractivity contribution in [3.63, 3.8) is 0 Å². The lowest BCUT2D eigenvalue weighted by Crippen LogP contribution is -2.43. The van der Waals surface area contributed by atoms with Crippen molar-refractivity contribution in [1.82, 2.24) is 14.1 Å². The van der Waals surface area contributed by atoms with Crippen LogP contribution in [0.15, 0.2) is 36.7 Å². The lowest BCUT2D eigenvalue weighted by Gasteiger charge is -2.27. The zero-order valence-corrected chi connectivity index (χ0v) is 18.6. The third-order valence-corrected chi connectivity index (χ3v) is 6.81. The molecule has 162 valence electrons. The van der Waals surface area contributed by atoms with Gasteiger partial charge in [-0.05, 0) is 31.4 Å². The predicted molar refractivity (Wildman–Crippen MR) is 115 cm³/mol. The molecule has 0 aromatic heterocycles. The number of amides is 2. The molecule has 0 bridgehead atoms. The number of halogens is 1. The van der Waals surface area contributed by atoms with Crippen LogP contribution in [0.1, 0.15) is 39.0 Å². The van der Waals surface area contributed by atoms with Gasteiger partial charge in [-0.1, -0.05) is 25.5 Å². The van der Waals surface area contributed by atoms with Gasteiger partial charge in [0.2, 0.25) is 21.8 Å². The standard InChI is InChI=1S/C20H29N3O4S.ClH/c1-3-9-16-19-17(23(20(16)25)28(2,26)27)11-15-22(19)18(24)10-8-14-21-12-6-4-5-7-13-21;/h4-7,12-13,16-17,19H,3,8-11,14-15H2,1-2H3;1H/t16-,17+,19-;/m1./s1. The van der Waals surface area contributed by atoms with Crippen LogP contribution >= 0.6 is 12.4 Å². The van der Waals surface area contributed by atoms with Crippen molar-refractivity contribution in [2.75, 3.05) is 19.3 Å². The molecule has 3 aliphatic rings. The van der Waals surface area contributed by atoms with E-state index in [0.717, 1.165) is 23.5 Å². The molecule has 3 rings (SSSR count). The van der Waals surface area contributed by atoms with E-state index in [4.69, 9.17) is 0 Å². The van der Waals surface area contributed by atoms with E-state index in [-0.39, 0.29) is 30.3 Å². The Morgan fingerprint density at radius 3 is 2.41 bits per heavy atom. The second kappa shape index (κ2) is 9.80. The van der Waals surface area contributed by atoms with Gasteiger partial charge in [0.15, 0.2) is 0 Å². The molecule has 3 heterocycles. The number of sulfonamides is 1. The second-order valence-corrected chi connectivity index (χ2v) is 9.49. The number of nitrogens with zero attached hydrogens (tertiary/aromatic N) is 3. The largest absolute Gasteiger partial charge is 0.354 e. The van der Waals surface area contributed by atoms with E-state index in [9.17, 15) is 18.0 Å². The van der Waals surface area contributed by atoms with Crippen LogP contribution in [-0.4, -0.2) is 65.8 Å². The third kappa shape index (κ3) is 5.04. The van der Waals surface area contributed by atoms with Crippen LogP contribution in [0, 0.1) is 5.92 Å². The Morgan fingerprint density at radius 2 is 1.83 bits per heavy atom. The Labute approximate surface area is 179 Å². The second-order valence-electron chi connectivity index (χ2n) is 7.64. The number of fused-ring (bicyclic) bond motifs is 1. The van der Waals surface area contributed by atoms with Crippen LogP contribution in [0.3, 0.4) is 0 Å². The van der Waals surface area contributed by atoms with E-state index >= 15 is 0 Å². The minimum atomic E-state index is -3.62. The van der Waals surface area contributed by atoms with Gasteiger partial charge in [0.05, 0.1) is 24.3 Å². The van der Waals surface area contributed by atoms with Gasteiger partial charge in [0.1, 0.15) is 0 Å². The highest BCUT2D eigenvalue weighted by Crippen LogP contribution is 2.40. The molecule has 0 spiro atoms. The van der Waals surface area contributed by atoms with Gasteiger partial charge in [-0.3, -0.25) is 9.59 Å². The highest BCUT2D eigenvalue weighted by Gasteiger charge is 2.56. The molecule has 7 nitrogen and oxygen atoms in total. The summed E-state index contributed by atoms with van der Waals surface area (Å²) in [4.78, 5) is 29.4. The first-order chi connectivity index (χ1) is 13.3. The summed E-state index contributed by atoms with van der Waals surface area (Å²) in [6.07, 6.45) is 15.8. The predicted octanol–water partition coefficient (Wildman–Crippen LogP) is 2.28. The summed E-state index contributed by atoms with van der Waals surface area (Å²) < 4.78 is 25.4. The first-order valence-electron chi connectivity index (χ1n) is 9.94. The zero-order chi connectivity index (χ0) is 20.3. The molecule has 2 amide bonds. The first kappa shape index (κ1) is 23.5. The summed E-state index contributed by atoms with van der Waals surface area (Å²) in [5.74, 6) is -0.749. The number of rotatable bonds is 7. The molecule has 2 fully saturated rings. The van der Waals surface area contributed by atoms with Gasteiger partial charge in [-0.2, -0.15) is 0 Å². The van der Waals surface area contributed by atoms with Crippen molar-refractivity contribution in [3.8, 4) is 0 Å². The summed E-state index contributed by atoms with van der Waals surface area (Å²) >= 11 is 0. The number of hydrogen-bond donors (Lipinski definition) is 0. The fourth-order valence-corrected chi connectivity index (χ4v) is 5.71. The summed E-state index contributed by atoms with van der Waals surface area (Å²) in [5.41, 5.74) is 0. The molecule has 0 aromatic rings. The van der Waals surface area contributed by atoms with E-state index < -0.39 is 22.0 Å². The molecule has 3 aliphatic heterocycles. The van der Waals surface area contributed by atoms with Crippen LogP contribution in [0.2, 0.25) is 0 Å². The Morgan fingerprint density at radius 1 is 1.17 bits per heavy atom. The molecular formula is C20H30ClN3O4S. The van der Waals surface area contributed by atoms with Gasteiger partial charge in [0, 0.05) is 31.9 Å². The molecule has 2 saturated heterocycles. The van der Waals surface area contributed by atoms with E-state index in [1.54, 1.807) is 4.90 Å². The Bertz CT molecular complexity index is 793. The van der Waals surface area contributed by atoms with Crippen molar-refractivity contribution in [1.29, 1.82) is 0 Å². The highest BCUT2D eigenvalue weighted by molar-refractivity contribution is 7.88. The average Bonchev–Trinajstić information content (AvgIpc) is 3.02. The van der Waals surface area contributed by atoms with Crippen molar-refractivity contribution in [2.24, 2.45) is 5.92 Å². The van der Waals surface area contributed by atoms with E-state index in [1.807, 2.05) is 48.5 Å². The fourth-order valence-electron chi connectivity index (χ4n) is 4.52. The summed E-state index contributed by atoms with van der Waals surface area (Å²) in [5, 5.41) is 0. The van der Waals surface area contributed by atoms with Gasteiger partial charge in [-0.25, -0.2) is 12.7 Å². The fraction of sp³-hybridized carbons (Fsp3) is 0.600. The zero-order valence-electron chi connectivity index (χ0n) is 16.9. The van der Waals surface area contributed by atoms with Crippen LogP contribution in [0.5, 0.6) is 0 Å². The monoisotopic (exact) mass is 443 g/mol. The van der Waals surface area contributed by atoms with E-state index in [2.05, 4.69) is 0 Å². The number of allylic oxidation sites excluding steroid dienone is 4. The van der Waals surface area contributed by atoms with Crippen molar-refractivity contribution in [3.05, 3.63) is 36.7 Å². The maximum absolute atomic E-state index is 12.9. The number of carbonyl (C=O) groups excluding carboxylic acids is 2. The SMILES string of the molecule is CCC[C@H]1C(=O)N(S(C)(=O)=O)[C@H]2CCN(C(=O)CCCN3C=CC=CC=C3)[C@H]12.Cl. The Balaban J connectivity index is 0.00000300. The molecule has 29 heavy (non-hydrogen) atoms. The maximum Gasteiger partial charge on any atom is 0.241 e. The van der Waals surface area contributed by atoms with Crippen molar-refractivity contribution < 1.29 is 18.0 Å². The van der Waals surface area contributed by atoms with Gasteiger partial charge in [0.25, 0.3) is 0 Å². The van der Waals surface area contributed by atoms with Crippen molar-refractivity contribution >= 4 is 34.2 Å². The van der Waals surface area contributed by atoms with Crippen LogP contribution in [-0.2, 0) is 19.6 Å². The molecule has 0 radical (unpaired) electrons. The Hall–Kier alpha value is -1.80. The summed E-state index contributed by atoms with van der Waals surface area (Å²) in [7, 11) is -3.62.